The van der Waals surface area contributed by atoms with Crippen LogP contribution in [0.25, 0.3) is 0 Å². The second-order valence-electron chi connectivity index (χ2n) is 7.14. The molecule has 0 unspecified atom stereocenters. The Morgan fingerprint density at radius 1 is 1.19 bits per heavy atom. The quantitative estimate of drug-likeness (QED) is 0.454. The van der Waals surface area contributed by atoms with Crippen LogP contribution in [-0.2, 0) is 9.59 Å². The molecule has 0 spiro atoms. The summed E-state index contributed by atoms with van der Waals surface area (Å²) < 4.78 is 5.55. The van der Waals surface area contributed by atoms with Gasteiger partial charge in [-0.1, -0.05) is 23.9 Å². The van der Waals surface area contributed by atoms with Crippen molar-refractivity contribution in [3.05, 3.63) is 36.7 Å². The molecule has 8 nitrogen and oxygen atoms in total. The van der Waals surface area contributed by atoms with Crippen LogP contribution < -0.4 is 20.3 Å². The maximum atomic E-state index is 12.4. The minimum absolute atomic E-state index is 0.0649. The van der Waals surface area contributed by atoms with Crippen molar-refractivity contribution >= 4 is 35.1 Å². The number of thioether (sulfide) groups is 1. The van der Waals surface area contributed by atoms with Crippen molar-refractivity contribution < 1.29 is 14.3 Å². The van der Waals surface area contributed by atoms with E-state index in [2.05, 4.69) is 25.5 Å². The first-order valence-electron chi connectivity index (χ1n) is 10.6. The van der Waals surface area contributed by atoms with Gasteiger partial charge in [-0.2, -0.15) is 0 Å². The summed E-state index contributed by atoms with van der Waals surface area (Å²) in [5.41, 5.74) is 0.660. The number of ether oxygens (including phenoxy) is 1. The maximum absolute atomic E-state index is 12.4. The highest BCUT2D eigenvalue weighted by molar-refractivity contribution is 7.99. The van der Waals surface area contributed by atoms with Crippen molar-refractivity contribution in [2.24, 2.45) is 5.92 Å². The van der Waals surface area contributed by atoms with E-state index in [1.807, 2.05) is 44.2 Å². The lowest BCUT2D eigenvalue weighted by Gasteiger charge is -2.32. The van der Waals surface area contributed by atoms with Gasteiger partial charge < -0.3 is 20.3 Å². The normalized spacial score (nSPS) is 14.2. The number of hydrogen-bond donors (Lipinski definition) is 2. The van der Waals surface area contributed by atoms with Gasteiger partial charge in [0.15, 0.2) is 0 Å². The van der Waals surface area contributed by atoms with Crippen LogP contribution in [0.2, 0.25) is 0 Å². The molecule has 1 aromatic carbocycles. The van der Waals surface area contributed by atoms with Gasteiger partial charge >= 0.3 is 0 Å². The molecule has 1 aromatic heterocycles. The molecule has 0 atom stereocenters. The fourth-order valence-corrected chi connectivity index (χ4v) is 4.11. The summed E-state index contributed by atoms with van der Waals surface area (Å²) in [5, 5.41) is 6.53. The zero-order valence-electron chi connectivity index (χ0n) is 18.0. The molecule has 1 saturated heterocycles. The molecule has 1 aliphatic heterocycles. The fraction of sp³-hybridized carbons (Fsp3) is 0.455. The summed E-state index contributed by atoms with van der Waals surface area (Å²) in [6, 6.07) is 9.28. The third-order valence-electron chi connectivity index (χ3n) is 4.98. The lowest BCUT2D eigenvalue weighted by Crippen LogP contribution is -2.40. The Morgan fingerprint density at radius 2 is 1.97 bits per heavy atom. The summed E-state index contributed by atoms with van der Waals surface area (Å²) >= 11 is 1.36. The summed E-state index contributed by atoms with van der Waals surface area (Å²) in [5.74, 6) is 1.79. The highest BCUT2D eigenvalue weighted by Crippen LogP contribution is 2.26. The molecular formula is C22H29N5O3S. The number of carbonyl (C=O) groups is 2. The largest absolute Gasteiger partial charge is 0.492 e. The minimum atomic E-state index is -0.125. The Hall–Kier alpha value is -2.81. The average Bonchev–Trinajstić information content (AvgIpc) is 2.80. The second kappa shape index (κ2) is 11.5. The molecule has 2 heterocycles. The molecule has 0 saturated carbocycles. The average molecular weight is 444 g/mol. The van der Waals surface area contributed by atoms with E-state index in [1.54, 1.807) is 0 Å². The van der Waals surface area contributed by atoms with E-state index in [4.69, 9.17) is 4.74 Å². The molecule has 0 radical (unpaired) electrons. The molecule has 1 fully saturated rings. The summed E-state index contributed by atoms with van der Waals surface area (Å²) in [4.78, 5) is 35.3. The molecule has 1 aliphatic rings. The molecule has 31 heavy (non-hydrogen) atoms. The number of piperidine rings is 1. The highest BCUT2D eigenvalue weighted by Gasteiger charge is 2.25. The number of para-hydroxylation sites is 2. The van der Waals surface area contributed by atoms with Crippen LogP contribution in [-0.4, -0.2) is 53.8 Å². The fourth-order valence-electron chi connectivity index (χ4n) is 3.45. The van der Waals surface area contributed by atoms with Crippen LogP contribution in [0.5, 0.6) is 5.75 Å². The number of anilines is 2. The third kappa shape index (κ3) is 6.58. The lowest BCUT2D eigenvalue weighted by molar-refractivity contribution is -0.125. The Kier molecular flexibility index (Phi) is 8.52. The van der Waals surface area contributed by atoms with E-state index in [1.165, 1.54) is 18.1 Å². The minimum Gasteiger partial charge on any atom is -0.492 e. The van der Waals surface area contributed by atoms with Gasteiger partial charge in [0.05, 0.1) is 18.0 Å². The monoisotopic (exact) mass is 443 g/mol. The van der Waals surface area contributed by atoms with Crippen molar-refractivity contribution in [2.75, 3.05) is 42.2 Å². The first kappa shape index (κ1) is 22.9. The van der Waals surface area contributed by atoms with Gasteiger partial charge in [0.2, 0.25) is 11.8 Å². The van der Waals surface area contributed by atoms with Crippen LogP contribution in [0, 0.1) is 5.92 Å². The number of amides is 2. The van der Waals surface area contributed by atoms with Crippen molar-refractivity contribution in [2.45, 2.75) is 31.7 Å². The SMILES string of the molecule is CCNC(=O)C1CCN(c2cc(SCC(=O)Nc3ccccc3OCC)ncn2)CC1. The molecule has 3 rings (SSSR count). The van der Waals surface area contributed by atoms with Crippen LogP contribution in [0.3, 0.4) is 0 Å². The number of benzene rings is 1. The van der Waals surface area contributed by atoms with Gasteiger partial charge in [-0.3, -0.25) is 9.59 Å². The molecule has 166 valence electrons. The topological polar surface area (TPSA) is 96.5 Å². The van der Waals surface area contributed by atoms with Crippen molar-refractivity contribution in [3.8, 4) is 5.75 Å². The number of nitrogens with one attached hydrogen (secondary N) is 2. The number of hydrogen-bond acceptors (Lipinski definition) is 7. The molecule has 2 amide bonds. The lowest BCUT2D eigenvalue weighted by atomic mass is 9.96. The number of aromatic nitrogens is 2. The van der Waals surface area contributed by atoms with E-state index in [-0.39, 0.29) is 23.5 Å². The molecule has 0 bridgehead atoms. The third-order valence-corrected chi connectivity index (χ3v) is 5.91. The number of carbonyl (C=O) groups excluding carboxylic acids is 2. The van der Waals surface area contributed by atoms with Crippen LogP contribution in [0.15, 0.2) is 41.7 Å². The molecule has 0 aliphatic carbocycles. The van der Waals surface area contributed by atoms with Gasteiger partial charge in [0, 0.05) is 31.6 Å². The maximum Gasteiger partial charge on any atom is 0.234 e. The van der Waals surface area contributed by atoms with Crippen molar-refractivity contribution in [1.82, 2.24) is 15.3 Å². The first-order chi connectivity index (χ1) is 15.1. The Bertz CT molecular complexity index is 887. The second-order valence-corrected chi connectivity index (χ2v) is 8.13. The summed E-state index contributed by atoms with van der Waals surface area (Å²) in [6.07, 6.45) is 3.13. The predicted octanol–water partition coefficient (Wildman–Crippen LogP) is 2.96. The van der Waals surface area contributed by atoms with Gasteiger partial charge in [-0.05, 0) is 38.8 Å². The van der Waals surface area contributed by atoms with Gasteiger partial charge in [-0.25, -0.2) is 9.97 Å². The summed E-state index contributed by atoms with van der Waals surface area (Å²) in [6.45, 7) is 6.59. The van der Waals surface area contributed by atoms with E-state index in [0.29, 0.717) is 24.6 Å². The van der Waals surface area contributed by atoms with E-state index < -0.39 is 0 Å². The molecule has 9 heteroatoms. The van der Waals surface area contributed by atoms with Gasteiger partial charge in [0.1, 0.15) is 22.9 Å². The van der Waals surface area contributed by atoms with Gasteiger partial charge in [-0.15, -0.1) is 0 Å². The molecule has 2 aromatic rings. The predicted molar refractivity (Wildman–Crippen MR) is 123 cm³/mol. The van der Waals surface area contributed by atoms with Crippen LogP contribution in [0.1, 0.15) is 26.7 Å². The van der Waals surface area contributed by atoms with Crippen LogP contribution in [0.4, 0.5) is 11.5 Å². The van der Waals surface area contributed by atoms with Crippen molar-refractivity contribution in [3.63, 3.8) is 0 Å². The van der Waals surface area contributed by atoms with E-state index in [9.17, 15) is 9.59 Å². The standard InChI is InChI=1S/C22H29N5O3S/c1-3-23-22(29)16-9-11-27(12-10-16)19-13-21(25-15-24-19)31-14-20(28)26-17-7-5-6-8-18(17)30-4-2/h5-8,13,15-16H,3-4,9-12,14H2,1-2H3,(H,23,29)(H,26,28). The zero-order chi connectivity index (χ0) is 22.1. The Morgan fingerprint density at radius 3 is 2.71 bits per heavy atom. The van der Waals surface area contributed by atoms with E-state index >= 15 is 0 Å². The molecular weight excluding hydrogens is 414 g/mol. The smallest absolute Gasteiger partial charge is 0.234 e. The highest BCUT2D eigenvalue weighted by atomic mass is 32.2. The van der Waals surface area contributed by atoms with Gasteiger partial charge in [0.25, 0.3) is 0 Å². The van der Waals surface area contributed by atoms with Crippen molar-refractivity contribution in [1.29, 1.82) is 0 Å². The Labute approximate surface area is 187 Å². The number of nitrogens with zero attached hydrogens (tertiary/aromatic N) is 3. The Balaban J connectivity index is 1.52. The molecule has 2 N–H and O–H groups in total. The number of rotatable bonds is 9. The van der Waals surface area contributed by atoms with E-state index in [0.717, 1.165) is 36.8 Å². The van der Waals surface area contributed by atoms with Crippen LogP contribution >= 0.6 is 11.8 Å². The summed E-state index contributed by atoms with van der Waals surface area (Å²) in [7, 11) is 0. The zero-order valence-corrected chi connectivity index (χ0v) is 18.8. The first-order valence-corrected chi connectivity index (χ1v) is 11.6.